The van der Waals surface area contributed by atoms with Gasteiger partial charge in [-0.05, 0) is 66.6 Å². The van der Waals surface area contributed by atoms with Crippen molar-refractivity contribution in [2.45, 2.75) is 28.8 Å². The Morgan fingerprint density at radius 1 is 0.812 bits per heavy atom. The van der Waals surface area contributed by atoms with E-state index in [1.165, 1.54) is 30.5 Å². The van der Waals surface area contributed by atoms with Crippen LogP contribution in [0, 0.1) is 0 Å². The fourth-order valence-corrected chi connectivity index (χ4v) is 8.13. The van der Waals surface area contributed by atoms with Crippen LogP contribution in [-0.4, -0.2) is 75.8 Å². The summed E-state index contributed by atoms with van der Waals surface area (Å²) in [5.41, 5.74) is 3.93. The van der Waals surface area contributed by atoms with E-state index in [1.807, 2.05) is 37.3 Å². The van der Waals surface area contributed by atoms with Crippen LogP contribution in [0.3, 0.4) is 0 Å². The van der Waals surface area contributed by atoms with Crippen LogP contribution in [0.2, 0.25) is 0 Å². The van der Waals surface area contributed by atoms with Gasteiger partial charge in [0.15, 0.2) is 6.61 Å². The minimum absolute atomic E-state index is 0.0174. The second kappa shape index (κ2) is 15.3. The van der Waals surface area contributed by atoms with Gasteiger partial charge in [-0.15, -0.1) is 0 Å². The molecule has 0 unspecified atom stereocenters. The molecule has 14 heteroatoms. The maximum atomic E-state index is 13.6. The first-order chi connectivity index (χ1) is 23.1. The molecule has 2 amide bonds. The van der Waals surface area contributed by atoms with E-state index >= 15 is 0 Å². The van der Waals surface area contributed by atoms with Crippen molar-refractivity contribution in [1.82, 2.24) is 19.4 Å². The summed E-state index contributed by atoms with van der Waals surface area (Å²) in [6, 6.07) is 30.0. The highest BCUT2D eigenvalue weighted by atomic mass is 32.2. The smallest absolute Gasteiger partial charge is 0.259 e. The van der Waals surface area contributed by atoms with Crippen molar-refractivity contribution in [3.63, 3.8) is 0 Å². The number of benzene rings is 4. The van der Waals surface area contributed by atoms with Gasteiger partial charge < -0.3 is 10.1 Å². The average molecular weight is 690 g/mol. The Morgan fingerprint density at radius 3 is 1.98 bits per heavy atom. The van der Waals surface area contributed by atoms with Crippen molar-refractivity contribution in [2.24, 2.45) is 5.10 Å². The number of carbonyl (C=O) groups is 2. The van der Waals surface area contributed by atoms with Gasteiger partial charge in [-0.2, -0.15) is 13.7 Å². The van der Waals surface area contributed by atoms with E-state index < -0.39 is 38.5 Å². The maximum absolute atomic E-state index is 13.6. The third-order valence-electron chi connectivity index (χ3n) is 7.64. The van der Waals surface area contributed by atoms with Gasteiger partial charge in [-0.3, -0.25) is 9.59 Å². The van der Waals surface area contributed by atoms with Crippen LogP contribution in [0.5, 0.6) is 5.75 Å². The molecule has 2 atom stereocenters. The first-order valence-corrected chi connectivity index (χ1v) is 18.0. The van der Waals surface area contributed by atoms with Gasteiger partial charge in [0.1, 0.15) is 11.8 Å². The van der Waals surface area contributed by atoms with Gasteiger partial charge in [0.25, 0.3) is 11.8 Å². The monoisotopic (exact) mass is 689 g/mol. The van der Waals surface area contributed by atoms with Gasteiger partial charge in [-0.1, -0.05) is 66.7 Å². The molecule has 1 aliphatic rings. The zero-order chi connectivity index (χ0) is 34.1. The number of nitrogens with one attached hydrogen (secondary N) is 2. The summed E-state index contributed by atoms with van der Waals surface area (Å²) in [4.78, 5) is 25.8. The van der Waals surface area contributed by atoms with E-state index in [4.69, 9.17) is 4.74 Å². The standard InChI is InChI=1S/C34H35N5O7S2/c1-26(28-11-5-2-6-12-28)36-33(40)25-46-29-19-17-27(18-20-29)23-35-37-34(41)32-24-38(47(42,43)30-13-7-3-8-14-30)21-22-39(32)48(44,45)31-15-9-4-10-16-31/h2-20,23,26,32H,21-22,24-25H2,1H3,(H,36,40)(H,37,41)/b35-23-/t26-,32-/m1/s1. The SMILES string of the molecule is C[C@@H](NC(=O)COc1ccc(/C=N\NC(=O)[C@H]2CN(S(=O)(=O)c3ccccc3)CCN2S(=O)(=O)c2ccccc2)cc1)c1ccccc1. The average Bonchev–Trinajstić information content (AvgIpc) is 3.12. The molecule has 1 saturated heterocycles. The van der Waals surface area contributed by atoms with Crippen molar-refractivity contribution in [3.8, 4) is 5.75 Å². The van der Waals surface area contributed by atoms with Crippen LogP contribution in [0.15, 0.2) is 130 Å². The number of hydrogen-bond donors (Lipinski definition) is 2. The highest BCUT2D eigenvalue weighted by Gasteiger charge is 2.43. The second-order valence-electron chi connectivity index (χ2n) is 10.9. The molecule has 48 heavy (non-hydrogen) atoms. The Labute approximate surface area is 280 Å². The molecule has 4 aromatic rings. The van der Waals surface area contributed by atoms with Crippen molar-refractivity contribution in [2.75, 3.05) is 26.2 Å². The molecular weight excluding hydrogens is 655 g/mol. The zero-order valence-corrected chi connectivity index (χ0v) is 27.7. The highest BCUT2D eigenvalue weighted by molar-refractivity contribution is 7.89. The van der Waals surface area contributed by atoms with E-state index in [1.54, 1.807) is 60.7 Å². The van der Waals surface area contributed by atoms with Crippen LogP contribution < -0.4 is 15.5 Å². The van der Waals surface area contributed by atoms with Gasteiger partial charge in [0.05, 0.1) is 22.0 Å². The van der Waals surface area contributed by atoms with E-state index in [0.29, 0.717) is 11.3 Å². The second-order valence-corrected chi connectivity index (χ2v) is 14.7. The number of amides is 2. The molecule has 0 saturated carbocycles. The molecule has 0 radical (unpaired) electrons. The maximum Gasteiger partial charge on any atom is 0.259 e. The van der Waals surface area contributed by atoms with E-state index in [-0.39, 0.29) is 41.4 Å². The Hall–Kier alpha value is -4.89. The molecule has 1 fully saturated rings. The van der Waals surface area contributed by atoms with Crippen LogP contribution in [-0.2, 0) is 29.6 Å². The number of ether oxygens (including phenoxy) is 1. The fraction of sp³-hybridized carbons (Fsp3) is 0.206. The first-order valence-electron chi connectivity index (χ1n) is 15.1. The summed E-state index contributed by atoms with van der Waals surface area (Å²) in [5, 5.41) is 6.88. The molecule has 12 nitrogen and oxygen atoms in total. The normalized spacial score (nSPS) is 16.6. The van der Waals surface area contributed by atoms with Crippen molar-refractivity contribution in [3.05, 3.63) is 126 Å². The lowest BCUT2D eigenvalue weighted by molar-refractivity contribution is -0.126. The van der Waals surface area contributed by atoms with Gasteiger partial charge in [0, 0.05) is 19.6 Å². The van der Waals surface area contributed by atoms with Crippen LogP contribution in [0.25, 0.3) is 0 Å². The zero-order valence-electron chi connectivity index (χ0n) is 26.0. The third-order valence-corrected chi connectivity index (χ3v) is 11.4. The molecule has 0 spiro atoms. The van der Waals surface area contributed by atoms with Gasteiger partial charge in [-0.25, -0.2) is 22.3 Å². The largest absolute Gasteiger partial charge is 0.484 e. The summed E-state index contributed by atoms with van der Waals surface area (Å²) in [7, 11) is -8.15. The predicted molar refractivity (Wildman–Crippen MR) is 180 cm³/mol. The van der Waals surface area contributed by atoms with E-state index in [9.17, 15) is 26.4 Å². The molecule has 1 heterocycles. The summed E-state index contributed by atoms with van der Waals surface area (Å²) in [6.45, 7) is 0.917. The molecule has 4 aromatic carbocycles. The molecule has 0 bridgehead atoms. The Morgan fingerprint density at radius 2 is 1.38 bits per heavy atom. The summed E-state index contributed by atoms with van der Waals surface area (Å²) in [6.07, 6.45) is 1.35. The number of hydrazone groups is 1. The predicted octanol–water partition coefficient (Wildman–Crippen LogP) is 3.16. The minimum atomic E-state index is -4.15. The first kappa shape index (κ1) is 34.4. The fourth-order valence-electron chi connectivity index (χ4n) is 5.08. The molecule has 0 aromatic heterocycles. The number of hydrogen-bond acceptors (Lipinski definition) is 8. The van der Waals surface area contributed by atoms with Crippen molar-refractivity contribution >= 4 is 38.1 Å². The molecular formula is C34H35N5O7S2. The highest BCUT2D eigenvalue weighted by Crippen LogP contribution is 2.25. The topological polar surface area (TPSA) is 155 Å². The Kier molecular flexibility index (Phi) is 11.0. The molecule has 1 aliphatic heterocycles. The lowest BCUT2D eigenvalue weighted by atomic mass is 10.1. The number of carbonyl (C=O) groups excluding carboxylic acids is 2. The third kappa shape index (κ3) is 8.33. The van der Waals surface area contributed by atoms with Crippen molar-refractivity contribution in [1.29, 1.82) is 0 Å². The van der Waals surface area contributed by atoms with Gasteiger partial charge in [0.2, 0.25) is 20.0 Å². The lowest BCUT2D eigenvalue weighted by Crippen LogP contribution is -2.60. The van der Waals surface area contributed by atoms with Crippen LogP contribution in [0.4, 0.5) is 0 Å². The van der Waals surface area contributed by atoms with Crippen LogP contribution in [0.1, 0.15) is 24.1 Å². The van der Waals surface area contributed by atoms with E-state index in [2.05, 4.69) is 15.8 Å². The number of piperazine rings is 1. The number of rotatable bonds is 12. The Balaban J connectivity index is 1.23. The lowest BCUT2D eigenvalue weighted by Gasteiger charge is -2.38. The number of nitrogens with zero attached hydrogens (tertiary/aromatic N) is 3. The summed E-state index contributed by atoms with van der Waals surface area (Å²) in [5.74, 6) is -0.627. The summed E-state index contributed by atoms with van der Waals surface area (Å²) < 4.78 is 61.6. The van der Waals surface area contributed by atoms with Crippen molar-refractivity contribution < 1.29 is 31.2 Å². The molecule has 5 rings (SSSR count). The Bertz CT molecular complexity index is 1940. The van der Waals surface area contributed by atoms with Crippen LogP contribution >= 0.6 is 0 Å². The number of sulfonamides is 2. The molecule has 250 valence electrons. The quantitative estimate of drug-likeness (QED) is 0.171. The van der Waals surface area contributed by atoms with E-state index in [0.717, 1.165) is 14.2 Å². The molecule has 0 aliphatic carbocycles. The summed E-state index contributed by atoms with van der Waals surface area (Å²) >= 11 is 0. The minimum Gasteiger partial charge on any atom is -0.484 e. The van der Waals surface area contributed by atoms with Gasteiger partial charge >= 0.3 is 0 Å². The molecule has 2 N–H and O–H groups in total.